The van der Waals surface area contributed by atoms with E-state index in [1.54, 1.807) is 12.3 Å². The fourth-order valence-corrected chi connectivity index (χ4v) is 1.35. The standard InChI is InChI=1S/C12H19N3O2/c1-8(2)10(7-16)14-12(17)15-11-6-9(3)4-5-13-11/h4-6,8,10,16H,7H2,1-3H3,(H2,13,14,15,17)/t10-/m1/s1. The maximum absolute atomic E-state index is 11.6. The molecule has 0 aliphatic rings. The van der Waals surface area contributed by atoms with Gasteiger partial charge in [0.2, 0.25) is 0 Å². The minimum absolute atomic E-state index is 0.0771. The predicted octanol–water partition coefficient (Wildman–Crippen LogP) is 1.53. The molecular weight excluding hydrogens is 218 g/mol. The van der Waals surface area contributed by atoms with Gasteiger partial charge in [0.15, 0.2) is 0 Å². The summed E-state index contributed by atoms with van der Waals surface area (Å²) < 4.78 is 0. The first-order valence-corrected chi connectivity index (χ1v) is 5.64. The Hall–Kier alpha value is -1.62. The summed E-state index contributed by atoms with van der Waals surface area (Å²) in [4.78, 5) is 15.6. The van der Waals surface area contributed by atoms with E-state index in [0.29, 0.717) is 5.82 Å². The molecule has 1 aromatic rings. The minimum Gasteiger partial charge on any atom is -0.394 e. The van der Waals surface area contributed by atoms with Gasteiger partial charge in [0.25, 0.3) is 0 Å². The fraction of sp³-hybridized carbons (Fsp3) is 0.500. The number of hydrogen-bond acceptors (Lipinski definition) is 3. The van der Waals surface area contributed by atoms with Crippen molar-refractivity contribution in [2.75, 3.05) is 11.9 Å². The summed E-state index contributed by atoms with van der Waals surface area (Å²) in [7, 11) is 0. The van der Waals surface area contributed by atoms with Crippen LogP contribution in [0.5, 0.6) is 0 Å². The van der Waals surface area contributed by atoms with Crippen LogP contribution in [0.1, 0.15) is 19.4 Å². The number of amides is 2. The molecule has 0 fully saturated rings. The van der Waals surface area contributed by atoms with Crippen molar-refractivity contribution in [2.45, 2.75) is 26.8 Å². The van der Waals surface area contributed by atoms with Crippen LogP contribution < -0.4 is 10.6 Å². The zero-order valence-corrected chi connectivity index (χ0v) is 10.4. The van der Waals surface area contributed by atoms with Gasteiger partial charge in [-0.3, -0.25) is 5.32 Å². The molecule has 0 bridgehead atoms. The third-order valence-corrected chi connectivity index (χ3v) is 2.47. The molecule has 0 saturated heterocycles. The number of pyridine rings is 1. The van der Waals surface area contributed by atoms with Gasteiger partial charge in [-0.25, -0.2) is 9.78 Å². The highest BCUT2D eigenvalue weighted by molar-refractivity contribution is 5.88. The molecule has 1 atom stereocenters. The summed E-state index contributed by atoms with van der Waals surface area (Å²) in [5, 5.41) is 14.4. The van der Waals surface area contributed by atoms with Gasteiger partial charge in [0, 0.05) is 6.20 Å². The highest BCUT2D eigenvalue weighted by Gasteiger charge is 2.14. The number of urea groups is 1. The number of hydrogen-bond donors (Lipinski definition) is 3. The van der Waals surface area contributed by atoms with E-state index in [1.165, 1.54) is 0 Å². The molecule has 2 amide bonds. The van der Waals surface area contributed by atoms with Gasteiger partial charge >= 0.3 is 6.03 Å². The molecule has 0 saturated carbocycles. The van der Waals surface area contributed by atoms with Crippen LogP contribution in [0.2, 0.25) is 0 Å². The van der Waals surface area contributed by atoms with Gasteiger partial charge in [0.05, 0.1) is 12.6 Å². The molecule has 0 unspecified atom stereocenters. The Balaban J connectivity index is 2.55. The first-order chi connectivity index (χ1) is 8.02. The smallest absolute Gasteiger partial charge is 0.320 e. The van der Waals surface area contributed by atoms with E-state index < -0.39 is 0 Å². The van der Waals surface area contributed by atoms with Crippen LogP contribution in [0.15, 0.2) is 18.3 Å². The van der Waals surface area contributed by atoms with Crippen molar-refractivity contribution in [2.24, 2.45) is 5.92 Å². The largest absolute Gasteiger partial charge is 0.394 e. The number of aryl methyl sites for hydroxylation is 1. The Morgan fingerprint density at radius 2 is 2.24 bits per heavy atom. The predicted molar refractivity (Wildman–Crippen MR) is 66.8 cm³/mol. The molecule has 0 spiro atoms. The molecule has 17 heavy (non-hydrogen) atoms. The Morgan fingerprint density at radius 1 is 1.53 bits per heavy atom. The monoisotopic (exact) mass is 237 g/mol. The summed E-state index contributed by atoms with van der Waals surface area (Å²) in [5.74, 6) is 0.680. The summed E-state index contributed by atoms with van der Waals surface area (Å²) >= 11 is 0. The molecule has 0 aromatic carbocycles. The number of carbonyl (C=O) groups excluding carboxylic acids is 1. The zero-order valence-electron chi connectivity index (χ0n) is 10.4. The Kier molecular flexibility index (Phi) is 4.90. The fourth-order valence-electron chi connectivity index (χ4n) is 1.35. The van der Waals surface area contributed by atoms with E-state index in [1.807, 2.05) is 26.8 Å². The van der Waals surface area contributed by atoms with Crippen molar-refractivity contribution < 1.29 is 9.90 Å². The number of nitrogens with zero attached hydrogens (tertiary/aromatic N) is 1. The first-order valence-electron chi connectivity index (χ1n) is 5.64. The van der Waals surface area contributed by atoms with E-state index >= 15 is 0 Å². The number of aromatic nitrogens is 1. The molecule has 1 aromatic heterocycles. The molecule has 1 rings (SSSR count). The lowest BCUT2D eigenvalue weighted by Crippen LogP contribution is -2.43. The van der Waals surface area contributed by atoms with Crippen LogP contribution >= 0.6 is 0 Å². The molecule has 0 aliphatic carbocycles. The van der Waals surface area contributed by atoms with Crippen molar-refractivity contribution in [3.8, 4) is 0 Å². The highest BCUT2D eigenvalue weighted by atomic mass is 16.3. The zero-order chi connectivity index (χ0) is 12.8. The van der Waals surface area contributed by atoms with Crippen molar-refractivity contribution in [1.82, 2.24) is 10.3 Å². The molecule has 0 radical (unpaired) electrons. The van der Waals surface area contributed by atoms with Crippen LogP contribution in [0.3, 0.4) is 0 Å². The van der Waals surface area contributed by atoms with Crippen LogP contribution in [0, 0.1) is 12.8 Å². The number of aliphatic hydroxyl groups excluding tert-OH is 1. The minimum atomic E-state index is -0.351. The second kappa shape index (κ2) is 6.20. The van der Waals surface area contributed by atoms with Gasteiger partial charge in [-0.2, -0.15) is 0 Å². The third kappa shape index (κ3) is 4.40. The number of anilines is 1. The second-order valence-corrected chi connectivity index (χ2v) is 4.35. The van der Waals surface area contributed by atoms with E-state index in [9.17, 15) is 4.79 Å². The van der Waals surface area contributed by atoms with Crippen molar-refractivity contribution >= 4 is 11.8 Å². The second-order valence-electron chi connectivity index (χ2n) is 4.35. The SMILES string of the molecule is Cc1ccnc(NC(=O)N[C@H](CO)C(C)C)c1. The van der Waals surface area contributed by atoms with Gasteiger partial charge < -0.3 is 10.4 Å². The maximum atomic E-state index is 11.6. The Morgan fingerprint density at radius 3 is 2.76 bits per heavy atom. The molecular formula is C12H19N3O2. The number of nitrogens with one attached hydrogen (secondary N) is 2. The lowest BCUT2D eigenvalue weighted by atomic mass is 10.1. The highest BCUT2D eigenvalue weighted by Crippen LogP contribution is 2.06. The van der Waals surface area contributed by atoms with Crippen molar-refractivity contribution in [3.63, 3.8) is 0 Å². The normalized spacial score (nSPS) is 12.3. The van der Waals surface area contributed by atoms with Crippen LogP contribution in [-0.4, -0.2) is 28.8 Å². The summed E-state index contributed by atoms with van der Waals surface area (Å²) in [6.45, 7) is 5.72. The topological polar surface area (TPSA) is 74.2 Å². The summed E-state index contributed by atoms with van der Waals surface area (Å²) in [6.07, 6.45) is 1.64. The molecule has 94 valence electrons. The quantitative estimate of drug-likeness (QED) is 0.743. The molecule has 1 heterocycles. The van der Waals surface area contributed by atoms with Crippen LogP contribution in [0.25, 0.3) is 0 Å². The molecule has 3 N–H and O–H groups in total. The Bertz CT molecular complexity index is 380. The van der Waals surface area contributed by atoms with Gasteiger partial charge in [-0.15, -0.1) is 0 Å². The maximum Gasteiger partial charge on any atom is 0.320 e. The van der Waals surface area contributed by atoms with Gasteiger partial charge in [0.1, 0.15) is 5.82 Å². The van der Waals surface area contributed by atoms with Crippen molar-refractivity contribution in [3.05, 3.63) is 23.9 Å². The molecule has 5 nitrogen and oxygen atoms in total. The Labute approximate surface area is 101 Å². The van der Waals surface area contributed by atoms with E-state index in [0.717, 1.165) is 5.56 Å². The van der Waals surface area contributed by atoms with Gasteiger partial charge in [-0.1, -0.05) is 13.8 Å². The van der Waals surface area contributed by atoms with Crippen LogP contribution in [0.4, 0.5) is 10.6 Å². The third-order valence-electron chi connectivity index (χ3n) is 2.47. The van der Waals surface area contributed by atoms with Crippen LogP contribution in [-0.2, 0) is 0 Å². The first kappa shape index (κ1) is 13.4. The summed E-state index contributed by atoms with van der Waals surface area (Å²) in [6, 6.07) is 3.03. The van der Waals surface area contributed by atoms with Gasteiger partial charge in [-0.05, 0) is 30.5 Å². The molecule has 5 heteroatoms. The number of aliphatic hydroxyl groups is 1. The average Bonchev–Trinajstić information content (AvgIpc) is 2.25. The summed E-state index contributed by atoms with van der Waals surface area (Å²) in [5.41, 5.74) is 1.03. The van der Waals surface area contributed by atoms with E-state index in [-0.39, 0.29) is 24.6 Å². The average molecular weight is 237 g/mol. The van der Waals surface area contributed by atoms with E-state index in [4.69, 9.17) is 5.11 Å². The lowest BCUT2D eigenvalue weighted by molar-refractivity contribution is 0.204. The number of carbonyl (C=O) groups is 1. The van der Waals surface area contributed by atoms with Crippen molar-refractivity contribution in [1.29, 1.82) is 0 Å². The number of rotatable bonds is 4. The van der Waals surface area contributed by atoms with E-state index in [2.05, 4.69) is 15.6 Å². The lowest BCUT2D eigenvalue weighted by Gasteiger charge is -2.19. The molecule has 0 aliphatic heterocycles.